The Labute approximate surface area is 199 Å². The highest BCUT2D eigenvalue weighted by molar-refractivity contribution is 6.07. The first-order valence-electron chi connectivity index (χ1n) is 12.0. The van der Waals surface area contributed by atoms with E-state index in [0.29, 0.717) is 70.2 Å². The summed E-state index contributed by atoms with van der Waals surface area (Å²) < 4.78 is 16.1. The summed E-state index contributed by atoms with van der Waals surface area (Å²) in [5, 5.41) is 2.96. The third-order valence-electron chi connectivity index (χ3n) is 7.50. The van der Waals surface area contributed by atoms with Gasteiger partial charge in [0.25, 0.3) is 5.91 Å². The highest BCUT2D eigenvalue weighted by Crippen LogP contribution is 2.35. The van der Waals surface area contributed by atoms with E-state index in [1.807, 2.05) is 30.0 Å². The molecule has 3 saturated heterocycles. The molecule has 0 aromatic heterocycles. The van der Waals surface area contributed by atoms with Crippen molar-refractivity contribution in [2.45, 2.75) is 31.7 Å². The number of benzene rings is 1. The molecule has 1 atom stereocenters. The molecule has 4 aliphatic heterocycles. The van der Waals surface area contributed by atoms with Crippen LogP contribution in [0.3, 0.4) is 0 Å². The molecule has 3 fully saturated rings. The average molecular weight is 473 g/mol. The second kappa shape index (κ2) is 9.42. The number of carbonyl (C=O) groups excluding carboxylic acids is 3. The molecular weight excluding hydrogens is 440 g/mol. The number of nitrogens with zero attached hydrogens (tertiary/aromatic N) is 3. The van der Waals surface area contributed by atoms with Crippen LogP contribution in [0.1, 0.15) is 25.3 Å². The highest BCUT2D eigenvalue weighted by Gasteiger charge is 2.52. The number of imide groups is 1. The number of nitrogens with one attached hydrogen (secondary N) is 1. The van der Waals surface area contributed by atoms with Gasteiger partial charge in [0.1, 0.15) is 5.54 Å². The van der Waals surface area contributed by atoms with Gasteiger partial charge < -0.3 is 24.4 Å². The number of piperidine rings is 1. The SMILES string of the molecule is C[C@]1(C2CCN(C(=O)Cc3ccc4c(c3)OCO4)CC2)NC(=O)N(CCN2CCOCC2)C1=O. The zero-order valence-corrected chi connectivity index (χ0v) is 19.6. The normalized spacial score (nSPS) is 25.7. The Balaban J connectivity index is 1.14. The maximum Gasteiger partial charge on any atom is 0.325 e. The maximum absolute atomic E-state index is 13.3. The van der Waals surface area contributed by atoms with E-state index in [2.05, 4.69) is 10.2 Å². The van der Waals surface area contributed by atoms with E-state index < -0.39 is 5.54 Å². The number of hydrogen-bond acceptors (Lipinski definition) is 7. The molecule has 0 unspecified atom stereocenters. The number of rotatable bonds is 6. The Kier molecular flexibility index (Phi) is 6.35. The van der Waals surface area contributed by atoms with Crippen molar-refractivity contribution in [3.05, 3.63) is 23.8 Å². The number of ether oxygens (including phenoxy) is 3. The van der Waals surface area contributed by atoms with Gasteiger partial charge in [0.2, 0.25) is 12.7 Å². The predicted octanol–water partition coefficient (Wildman–Crippen LogP) is 0.839. The molecule has 0 spiro atoms. The van der Waals surface area contributed by atoms with Crippen molar-refractivity contribution >= 4 is 17.8 Å². The molecule has 184 valence electrons. The molecule has 0 bridgehead atoms. The largest absolute Gasteiger partial charge is 0.454 e. The zero-order valence-electron chi connectivity index (χ0n) is 19.6. The summed E-state index contributed by atoms with van der Waals surface area (Å²) in [5.74, 6) is 1.26. The Bertz CT molecular complexity index is 957. The van der Waals surface area contributed by atoms with Crippen molar-refractivity contribution in [1.82, 2.24) is 20.0 Å². The highest BCUT2D eigenvalue weighted by atomic mass is 16.7. The second-order valence-electron chi connectivity index (χ2n) is 9.56. The van der Waals surface area contributed by atoms with Gasteiger partial charge in [-0.2, -0.15) is 0 Å². The third-order valence-corrected chi connectivity index (χ3v) is 7.50. The molecule has 4 aliphatic rings. The van der Waals surface area contributed by atoms with Crippen molar-refractivity contribution < 1.29 is 28.6 Å². The van der Waals surface area contributed by atoms with Gasteiger partial charge in [-0.3, -0.25) is 19.4 Å². The van der Waals surface area contributed by atoms with Crippen molar-refractivity contribution in [3.8, 4) is 11.5 Å². The van der Waals surface area contributed by atoms with Crippen LogP contribution < -0.4 is 14.8 Å². The van der Waals surface area contributed by atoms with Crippen molar-refractivity contribution in [3.63, 3.8) is 0 Å². The number of fused-ring (bicyclic) bond motifs is 1. The monoisotopic (exact) mass is 472 g/mol. The lowest BCUT2D eigenvalue weighted by atomic mass is 9.79. The molecule has 0 saturated carbocycles. The van der Waals surface area contributed by atoms with Crippen LogP contribution in [0.2, 0.25) is 0 Å². The molecule has 10 heteroatoms. The summed E-state index contributed by atoms with van der Waals surface area (Å²) in [6, 6.07) is 5.25. The smallest absolute Gasteiger partial charge is 0.325 e. The van der Waals surface area contributed by atoms with Crippen LogP contribution in [-0.4, -0.2) is 97.4 Å². The topological polar surface area (TPSA) is 101 Å². The fourth-order valence-corrected chi connectivity index (χ4v) is 5.31. The fourth-order valence-electron chi connectivity index (χ4n) is 5.31. The van der Waals surface area contributed by atoms with Crippen LogP contribution in [0.5, 0.6) is 11.5 Å². The Morgan fingerprint density at radius 2 is 1.79 bits per heavy atom. The number of morpholine rings is 1. The van der Waals surface area contributed by atoms with Crippen LogP contribution in [0.25, 0.3) is 0 Å². The van der Waals surface area contributed by atoms with E-state index in [0.717, 1.165) is 18.7 Å². The summed E-state index contributed by atoms with van der Waals surface area (Å²) in [5.41, 5.74) is -0.0355. The van der Waals surface area contributed by atoms with E-state index in [1.165, 1.54) is 4.90 Å². The first kappa shape index (κ1) is 22.9. The Hall–Kier alpha value is -2.85. The Morgan fingerprint density at radius 3 is 2.56 bits per heavy atom. The van der Waals surface area contributed by atoms with E-state index in [9.17, 15) is 14.4 Å². The zero-order chi connectivity index (χ0) is 23.7. The second-order valence-corrected chi connectivity index (χ2v) is 9.56. The van der Waals surface area contributed by atoms with Gasteiger partial charge in [0.15, 0.2) is 11.5 Å². The molecular formula is C24H32N4O6. The Morgan fingerprint density at radius 1 is 1.06 bits per heavy atom. The van der Waals surface area contributed by atoms with Crippen LogP contribution in [-0.2, 0) is 20.7 Å². The lowest BCUT2D eigenvalue weighted by Crippen LogP contribution is -2.54. The molecule has 34 heavy (non-hydrogen) atoms. The van der Waals surface area contributed by atoms with E-state index >= 15 is 0 Å². The standard InChI is InChI=1S/C24H32N4O6/c1-24(22(30)28(23(31)25-24)9-8-26-10-12-32-13-11-26)18-4-6-27(7-5-18)21(29)15-17-2-3-19-20(14-17)34-16-33-19/h2-3,14,18H,4-13,15-16H2,1H3,(H,25,31)/t24-/m1/s1. The molecule has 5 rings (SSSR count). The minimum atomic E-state index is -0.922. The number of urea groups is 1. The van der Waals surface area contributed by atoms with Crippen molar-refractivity contribution in [2.24, 2.45) is 5.92 Å². The quantitative estimate of drug-likeness (QED) is 0.613. The summed E-state index contributed by atoms with van der Waals surface area (Å²) in [6.07, 6.45) is 1.64. The number of amides is 4. The van der Waals surface area contributed by atoms with Crippen LogP contribution in [0.4, 0.5) is 4.79 Å². The lowest BCUT2D eigenvalue weighted by molar-refractivity contribution is -0.135. The fraction of sp³-hybridized carbons (Fsp3) is 0.625. The van der Waals surface area contributed by atoms with Gasteiger partial charge in [-0.1, -0.05) is 6.07 Å². The maximum atomic E-state index is 13.3. The average Bonchev–Trinajstić information content (AvgIpc) is 3.40. The minimum absolute atomic E-state index is 0.00747. The molecule has 10 nitrogen and oxygen atoms in total. The number of likely N-dealkylation sites (tertiary alicyclic amines) is 1. The molecule has 1 aromatic carbocycles. The van der Waals surface area contributed by atoms with E-state index in [-0.39, 0.29) is 30.6 Å². The van der Waals surface area contributed by atoms with E-state index in [1.54, 1.807) is 0 Å². The van der Waals surface area contributed by atoms with Crippen LogP contribution in [0, 0.1) is 5.92 Å². The molecule has 0 aliphatic carbocycles. The summed E-state index contributed by atoms with van der Waals surface area (Å²) in [6.45, 7) is 7.22. The van der Waals surface area contributed by atoms with Crippen molar-refractivity contribution in [1.29, 1.82) is 0 Å². The van der Waals surface area contributed by atoms with Gasteiger partial charge in [-0.25, -0.2) is 4.79 Å². The summed E-state index contributed by atoms with van der Waals surface area (Å²) in [4.78, 5) is 44.2. The number of carbonyl (C=O) groups is 3. The molecule has 0 radical (unpaired) electrons. The first-order valence-corrected chi connectivity index (χ1v) is 12.0. The van der Waals surface area contributed by atoms with Gasteiger partial charge >= 0.3 is 6.03 Å². The third kappa shape index (κ3) is 4.44. The molecule has 1 N–H and O–H groups in total. The molecule has 1 aromatic rings. The lowest BCUT2D eigenvalue weighted by Gasteiger charge is -2.39. The van der Waals surface area contributed by atoms with E-state index in [4.69, 9.17) is 14.2 Å². The van der Waals surface area contributed by atoms with Crippen molar-refractivity contribution in [2.75, 3.05) is 59.3 Å². The predicted molar refractivity (Wildman–Crippen MR) is 121 cm³/mol. The first-order chi connectivity index (χ1) is 16.4. The number of hydrogen-bond donors (Lipinski definition) is 1. The summed E-state index contributed by atoms with van der Waals surface area (Å²) in [7, 11) is 0. The van der Waals surface area contributed by atoms with Gasteiger partial charge in [-0.05, 0) is 43.4 Å². The van der Waals surface area contributed by atoms with Crippen LogP contribution >= 0.6 is 0 Å². The summed E-state index contributed by atoms with van der Waals surface area (Å²) >= 11 is 0. The van der Waals surface area contributed by atoms with Crippen LogP contribution in [0.15, 0.2) is 18.2 Å². The van der Waals surface area contributed by atoms with Gasteiger partial charge in [-0.15, -0.1) is 0 Å². The molecule has 4 heterocycles. The molecule has 4 amide bonds. The minimum Gasteiger partial charge on any atom is -0.454 e. The van der Waals surface area contributed by atoms with Gasteiger partial charge in [0.05, 0.1) is 19.6 Å². The van der Waals surface area contributed by atoms with Gasteiger partial charge in [0, 0.05) is 39.3 Å².